The molecule has 6 heteroatoms. The van der Waals surface area contributed by atoms with Crippen LogP contribution in [0.25, 0.3) is 6.08 Å². The van der Waals surface area contributed by atoms with Crippen LogP contribution in [0.2, 0.25) is 0 Å². The number of hydrogen-bond donors (Lipinski definition) is 0. The van der Waals surface area contributed by atoms with Gasteiger partial charge in [0.15, 0.2) is 17.3 Å². The summed E-state index contributed by atoms with van der Waals surface area (Å²) in [5.41, 5.74) is 0.932. The first-order valence-corrected chi connectivity index (χ1v) is 9.81. The molecule has 0 aromatic heterocycles. The van der Waals surface area contributed by atoms with E-state index in [4.69, 9.17) is 9.47 Å². The van der Waals surface area contributed by atoms with Gasteiger partial charge in [0, 0.05) is 19.0 Å². The van der Waals surface area contributed by atoms with Crippen molar-refractivity contribution in [3.8, 4) is 11.5 Å². The molecule has 0 saturated carbocycles. The summed E-state index contributed by atoms with van der Waals surface area (Å²) < 4.78 is 10.7. The fourth-order valence-corrected chi connectivity index (χ4v) is 3.96. The summed E-state index contributed by atoms with van der Waals surface area (Å²) >= 11 is 0. The predicted molar refractivity (Wildman–Crippen MR) is 102 cm³/mol. The van der Waals surface area contributed by atoms with Crippen molar-refractivity contribution in [2.24, 2.45) is 5.92 Å². The fourth-order valence-electron chi connectivity index (χ4n) is 3.96. The number of fused-ring (bicyclic) bond motifs is 1. The molecule has 1 aromatic carbocycles. The number of nitrogens with zero attached hydrogens (tertiary/aromatic N) is 2. The zero-order valence-electron chi connectivity index (χ0n) is 15.6. The summed E-state index contributed by atoms with van der Waals surface area (Å²) in [5.74, 6) is 1.92. The van der Waals surface area contributed by atoms with Gasteiger partial charge in [0.1, 0.15) is 0 Å². The Morgan fingerprint density at radius 1 is 1.04 bits per heavy atom. The van der Waals surface area contributed by atoms with E-state index in [1.165, 1.54) is 0 Å². The molecule has 6 nitrogen and oxygen atoms in total. The summed E-state index contributed by atoms with van der Waals surface area (Å²) in [6.07, 6.45) is 7.39. The summed E-state index contributed by atoms with van der Waals surface area (Å²) in [4.78, 5) is 28.9. The maximum atomic E-state index is 12.5. The van der Waals surface area contributed by atoms with E-state index in [-0.39, 0.29) is 24.4 Å². The number of rotatable bonds is 5. The molecule has 0 aliphatic carbocycles. The second kappa shape index (κ2) is 8.13. The first kappa shape index (κ1) is 18.0. The topological polar surface area (TPSA) is 59.1 Å². The third-order valence-electron chi connectivity index (χ3n) is 5.64. The number of piperidine rings is 1. The lowest BCUT2D eigenvalue weighted by atomic mass is 9.92. The molecule has 3 aliphatic rings. The molecular weight excluding hydrogens is 344 g/mol. The van der Waals surface area contributed by atoms with E-state index >= 15 is 0 Å². The molecule has 0 spiro atoms. The Kier molecular flexibility index (Phi) is 5.43. The van der Waals surface area contributed by atoms with Gasteiger partial charge >= 0.3 is 0 Å². The lowest BCUT2D eigenvalue weighted by molar-refractivity contribution is -0.131. The number of carbonyl (C=O) groups excluding carboxylic acids is 2. The predicted octanol–water partition coefficient (Wildman–Crippen LogP) is 2.33. The van der Waals surface area contributed by atoms with E-state index in [0.29, 0.717) is 6.54 Å². The molecule has 2 fully saturated rings. The molecule has 0 radical (unpaired) electrons. The second-order valence-electron chi connectivity index (χ2n) is 7.49. The summed E-state index contributed by atoms with van der Waals surface area (Å²) in [6.45, 7) is 4.17. The average Bonchev–Trinajstić information content (AvgIpc) is 3.38. The standard InChI is InChI=1S/C21H26N2O4/c24-18(5-3-16-4-6-19-20(13-16)27-15-26-19)17-7-11-22(12-8-17)14-21(25)23-9-1-2-10-23/h3-6,13,17H,1-2,7-12,14-15H2/b5-3+. The molecule has 0 N–H and O–H groups in total. The molecule has 0 bridgehead atoms. The van der Waals surface area contributed by atoms with Crippen LogP contribution in [-0.2, 0) is 9.59 Å². The molecule has 2 saturated heterocycles. The van der Waals surface area contributed by atoms with Crippen LogP contribution >= 0.6 is 0 Å². The minimum Gasteiger partial charge on any atom is -0.454 e. The Morgan fingerprint density at radius 2 is 1.78 bits per heavy atom. The number of ketones is 1. The van der Waals surface area contributed by atoms with Crippen LogP contribution in [0.15, 0.2) is 24.3 Å². The van der Waals surface area contributed by atoms with Crippen molar-refractivity contribution in [2.75, 3.05) is 39.5 Å². The minimum atomic E-state index is 0.0494. The van der Waals surface area contributed by atoms with Crippen molar-refractivity contribution in [2.45, 2.75) is 25.7 Å². The van der Waals surface area contributed by atoms with Gasteiger partial charge in [0.25, 0.3) is 0 Å². The molecule has 1 amide bonds. The minimum absolute atomic E-state index is 0.0494. The van der Waals surface area contributed by atoms with Gasteiger partial charge in [-0.2, -0.15) is 0 Å². The van der Waals surface area contributed by atoms with E-state index in [1.807, 2.05) is 29.2 Å². The number of ether oxygens (including phenoxy) is 2. The molecule has 27 heavy (non-hydrogen) atoms. The van der Waals surface area contributed by atoms with Crippen molar-refractivity contribution < 1.29 is 19.1 Å². The maximum Gasteiger partial charge on any atom is 0.236 e. The average molecular weight is 370 g/mol. The molecule has 0 atom stereocenters. The van der Waals surface area contributed by atoms with Gasteiger partial charge in [0.2, 0.25) is 12.7 Å². The number of hydrogen-bond acceptors (Lipinski definition) is 5. The molecular formula is C21H26N2O4. The van der Waals surface area contributed by atoms with Gasteiger partial charge in [-0.3, -0.25) is 14.5 Å². The zero-order valence-corrected chi connectivity index (χ0v) is 15.6. The van der Waals surface area contributed by atoms with Crippen molar-refractivity contribution >= 4 is 17.8 Å². The maximum absolute atomic E-state index is 12.5. The van der Waals surface area contributed by atoms with Crippen molar-refractivity contribution in [1.29, 1.82) is 0 Å². The fraction of sp³-hybridized carbons (Fsp3) is 0.524. The number of likely N-dealkylation sites (tertiary alicyclic amines) is 2. The zero-order chi connectivity index (χ0) is 18.6. The van der Waals surface area contributed by atoms with E-state index < -0.39 is 0 Å². The lowest BCUT2D eigenvalue weighted by Gasteiger charge is -2.31. The van der Waals surface area contributed by atoms with Crippen molar-refractivity contribution in [3.63, 3.8) is 0 Å². The van der Waals surface area contributed by atoms with E-state index in [2.05, 4.69) is 4.90 Å². The van der Waals surface area contributed by atoms with Gasteiger partial charge in [-0.1, -0.05) is 12.1 Å². The quantitative estimate of drug-likeness (QED) is 0.745. The summed E-state index contributed by atoms with van der Waals surface area (Å²) in [7, 11) is 0. The molecule has 3 heterocycles. The largest absolute Gasteiger partial charge is 0.454 e. The number of amides is 1. The Balaban J connectivity index is 1.25. The molecule has 144 valence electrons. The van der Waals surface area contributed by atoms with E-state index in [1.54, 1.807) is 6.08 Å². The van der Waals surface area contributed by atoms with Crippen LogP contribution in [0.1, 0.15) is 31.2 Å². The van der Waals surface area contributed by atoms with Crippen molar-refractivity contribution in [3.05, 3.63) is 29.8 Å². The van der Waals surface area contributed by atoms with E-state index in [9.17, 15) is 9.59 Å². The highest BCUT2D eigenvalue weighted by Crippen LogP contribution is 2.32. The van der Waals surface area contributed by atoms with Crippen molar-refractivity contribution in [1.82, 2.24) is 9.80 Å². The Morgan fingerprint density at radius 3 is 2.56 bits per heavy atom. The first-order chi connectivity index (χ1) is 13.2. The smallest absolute Gasteiger partial charge is 0.236 e. The Bertz CT molecular complexity index is 732. The highest BCUT2D eigenvalue weighted by Gasteiger charge is 2.26. The highest BCUT2D eigenvalue weighted by molar-refractivity contribution is 5.95. The number of allylic oxidation sites excluding steroid dienone is 1. The first-order valence-electron chi connectivity index (χ1n) is 9.81. The molecule has 0 unspecified atom stereocenters. The van der Waals surface area contributed by atoms with Crippen LogP contribution in [0.5, 0.6) is 11.5 Å². The van der Waals surface area contributed by atoms with Crippen LogP contribution in [-0.4, -0.2) is 61.0 Å². The Labute approximate surface area is 159 Å². The van der Waals surface area contributed by atoms with Crippen LogP contribution in [0, 0.1) is 5.92 Å². The number of carbonyl (C=O) groups is 2. The normalized spacial score (nSPS) is 20.5. The third-order valence-corrected chi connectivity index (χ3v) is 5.64. The monoisotopic (exact) mass is 370 g/mol. The van der Waals surface area contributed by atoms with Gasteiger partial charge in [0.05, 0.1) is 6.54 Å². The van der Waals surface area contributed by atoms with E-state index in [0.717, 1.165) is 68.9 Å². The SMILES string of the molecule is O=C(/C=C/c1ccc2c(c1)OCO2)C1CCN(CC(=O)N2CCCC2)CC1. The molecule has 3 aliphatic heterocycles. The second-order valence-corrected chi connectivity index (χ2v) is 7.49. The molecule has 1 aromatic rings. The van der Waals surface area contributed by atoms with Gasteiger partial charge in [-0.05, 0) is 62.5 Å². The summed E-state index contributed by atoms with van der Waals surface area (Å²) in [6, 6.07) is 5.67. The number of benzene rings is 1. The van der Waals surface area contributed by atoms with Crippen LogP contribution in [0.3, 0.4) is 0 Å². The summed E-state index contributed by atoms with van der Waals surface area (Å²) in [5, 5.41) is 0. The lowest BCUT2D eigenvalue weighted by Crippen LogP contribution is -2.43. The molecule has 4 rings (SSSR count). The Hall–Kier alpha value is -2.34. The van der Waals surface area contributed by atoms with Gasteiger partial charge < -0.3 is 14.4 Å². The van der Waals surface area contributed by atoms with Crippen LogP contribution < -0.4 is 9.47 Å². The third kappa shape index (κ3) is 4.33. The van der Waals surface area contributed by atoms with Gasteiger partial charge in [-0.25, -0.2) is 0 Å². The van der Waals surface area contributed by atoms with Gasteiger partial charge in [-0.15, -0.1) is 0 Å². The van der Waals surface area contributed by atoms with Crippen LogP contribution in [0.4, 0.5) is 0 Å². The highest BCUT2D eigenvalue weighted by atomic mass is 16.7.